The predicted octanol–water partition coefficient (Wildman–Crippen LogP) is 5.47. The number of nitrogens with one attached hydrogen (secondary N) is 1. The fourth-order valence-electron chi connectivity index (χ4n) is 4.21. The lowest BCUT2D eigenvalue weighted by atomic mass is 9.82. The van der Waals surface area contributed by atoms with Crippen LogP contribution >= 0.6 is 11.3 Å². The number of amides is 1. The average molecular weight is 481 g/mol. The summed E-state index contributed by atoms with van der Waals surface area (Å²) < 4.78 is 15.1. The zero-order chi connectivity index (χ0) is 23.8. The fraction of sp³-hybridized carbons (Fsp3) is 0.304. The summed E-state index contributed by atoms with van der Waals surface area (Å²) in [5, 5.41) is 18.6. The average Bonchev–Trinajstić information content (AvgIpc) is 3.48. The lowest BCUT2D eigenvalue weighted by Gasteiger charge is -2.25. The molecule has 1 amide bonds. The van der Waals surface area contributed by atoms with Gasteiger partial charge in [-0.3, -0.25) is 14.9 Å². The Labute approximate surface area is 197 Å². The summed E-state index contributed by atoms with van der Waals surface area (Å²) in [5.41, 5.74) is 1.13. The second kappa shape index (κ2) is 8.90. The molecule has 11 heteroatoms. The second-order valence-corrected chi connectivity index (χ2v) is 9.57. The van der Waals surface area contributed by atoms with E-state index >= 15 is 0 Å². The van der Waals surface area contributed by atoms with Gasteiger partial charge in [0.2, 0.25) is 0 Å². The van der Waals surface area contributed by atoms with Crippen LogP contribution < -0.4 is 5.32 Å². The van der Waals surface area contributed by atoms with E-state index in [2.05, 4.69) is 17.3 Å². The Balaban J connectivity index is 1.56. The molecular weight excluding hydrogens is 459 g/mol. The zero-order valence-electron chi connectivity index (χ0n) is 18.3. The molecule has 1 aliphatic carbocycles. The van der Waals surface area contributed by atoms with E-state index in [1.54, 1.807) is 23.0 Å². The number of aromatic nitrogens is 4. The van der Waals surface area contributed by atoms with Crippen molar-refractivity contribution >= 4 is 39.1 Å². The van der Waals surface area contributed by atoms with Gasteiger partial charge in [0, 0.05) is 12.0 Å². The molecule has 0 bridgehead atoms. The molecule has 1 saturated carbocycles. The molecule has 3 aromatic heterocycles. The Morgan fingerprint density at radius 3 is 2.56 bits per heavy atom. The summed E-state index contributed by atoms with van der Waals surface area (Å²) in [6, 6.07) is 8.63. The van der Waals surface area contributed by atoms with Crippen molar-refractivity contribution in [1.29, 1.82) is 0 Å². The highest BCUT2D eigenvalue weighted by Gasteiger charge is 2.25. The molecule has 0 aliphatic heterocycles. The molecule has 5 rings (SSSR count). The van der Waals surface area contributed by atoms with Gasteiger partial charge in [-0.05, 0) is 49.1 Å². The number of carbonyl (C=O) groups is 1. The lowest BCUT2D eigenvalue weighted by Crippen LogP contribution is -2.17. The first-order valence-corrected chi connectivity index (χ1v) is 11.8. The van der Waals surface area contributed by atoms with Crippen LogP contribution in [0.3, 0.4) is 0 Å². The Hall–Kier alpha value is -3.73. The molecule has 3 heterocycles. The van der Waals surface area contributed by atoms with E-state index in [-0.39, 0.29) is 21.6 Å². The van der Waals surface area contributed by atoms with Crippen molar-refractivity contribution in [2.75, 3.05) is 5.32 Å². The number of hydrogen-bond donors (Lipinski definition) is 1. The van der Waals surface area contributed by atoms with E-state index in [0.717, 1.165) is 37.0 Å². The summed E-state index contributed by atoms with van der Waals surface area (Å²) in [7, 11) is 0. The van der Waals surface area contributed by atoms with E-state index in [1.165, 1.54) is 24.3 Å². The number of halogens is 1. The first-order valence-electron chi connectivity index (χ1n) is 11.0. The third-order valence-electron chi connectivity index (χ3n) is 6.13. The molecule has 34 heavy (non-hydrogen) atoms. The van der Waals surface area contributed by atoms with E-state index in [1.807, 2.05) is 0 Å². The number of fused-ring (bicyclic) bond motifs is 1. The van der Waals surface area contributed by atoms with Crippen molar-refractivity contribution in [1.82, 2.24) is 19.7 Å². The zero-order valence-corrected chi connectivity index (χ0v) is 19.1. The minimum Gasteiger partial charge on any atom is -0.305 e. The molecule has 0 atom stereocenters. The molecule has 1 fully saturated rings. The van der Waals surface area contributed by atoms with Gasteiger partial charge in [-0.2, -0.15) is 5.10 Å². The summed E-state index contributed by atoms with van der Waals surface area (Å²) >= 11 is 0.799. The van der Waals surface area contributed by atoms with Gasteiger partial charge in [0.05, 0.1) is 27.1 Å². The van der Waals surface area contributed by atoms with Crippen LogP contribution in [0, 0.1) is 21.8 Å². The highest BCUT2D eigenvalue weighted by molar-refractivity contribution is 7.17. The Morgan fingerprint density at radius 1 is 1.15 bits per heavy atom. The third-order valence-corrected chi connectivity index (χ3v) is 7.16. The number of thiophene rings is 1. The standard InChI is InChI=1S/C23H21FN6O3S/c1-13-2-4-14(5-3-13)20-26-21(28-23(31)18-10-11-19(34-18)30(32)33)17-12-25-29(22(17)27-20)16-8-6-15(24)7-9-16/h6-14H,2-5H2,1H3,(H,26,27,28,31). The maximum absolute atomic E-state index is 13.5. The van der Waals surface area contributed by atoms with Crippen LogP contribution in [-0.2, 0) is 0 Å². The van der Waals surface area contributed by atoms with Crippen molar-refractivity contribution < 1.29 is 14.1 Å². The lowest BCUT2D eigenvalue weighted by molar-refractivity contribution is -0.380. The first kappa shape index (κ1) is 22.1. The van der Waals surface area contributed by atoms with Gasteiger partial charge >= 0.3 is 5.00 Å². The molecule has 1 aromatic carbocycles. The molecule has 0 unspecified atom stereocenters. The minimum absolute atomic E-state index is 0.112. The Kier molecular flexibility index (Phi) is 5.78. The first-order chi connectivity index (χ1) is 16.4. The molecule has 9 nitrogen and oxygen atoms in total. The molecule has 0 spiro atoms. The van der Waals surface area contributed by atoms with Crippen molar-refractivity contribution in [3.8, 4) is 5.69 Å². The van der Waals surface area contributed by atoms with E-state index < -0.39 is 10.8 Å². The highest BCUT2D eigenvalue weighted by Crippen LogP contribution is 2.36. The number of carbonyl (C=O) groups excluding carboxylic acids is 1. The molecule has 1 aliphatic rings. The molecule has 1 N–H and O–H groups in total. The van der Waals surface area contributed by atoms with Crippen LogP contribution in [0.5, 0.6) is 0 Å². The summed E-state index contributed by atoms with van der Waals surface area (Å²) in [6.45, 7) is 2.23. The summed E-state index contributed by atoms with van der Waals surface area (Å²) in [6.07, 6.45) is 5.59. The van der Waals surface area contributed by atoms with E-state index in [0.29, 0.717) is 34.3 Å². The predicted molar refractivity (Wildman–Crippen MR) is 126 cm³/mol. The number of rotatable bonds is 5. The van der Waals surface area contributed by atoms with Gasteiger partial charge in [-0.15, -0.1) is 0 Å². The molecule has 4 aromatic rings. The van der Waals surface area contributed by atoms with Crippen molar-refractivity contribution in [3.05, 3.63) is 69.2 Å². The molecule has 174 valence electrons. The summed E-state index contributed by atoms with van der Waals surface area (Å²) in [5.74, 6) is 0.874. The van der Waals surface area contributed by atoms with Gasteiger partial charge < -0.3 is 5.32 Å². The SMILES string of the molecule is CC1CCC(c2nc(NC(=O)c3ccc([N+](=O)[O-])s3)c3cnn(-c4ccc(F)cc4)c3n2)CC1. The maximum atomic E-state index is 13.5. The van der Waals surface area contributed by atoms with Gasteiger partial charge in [0.1, 0.15) is 17.5 Å². The van der Waals surface area contributed by atoms with Crippen molar-refractivity contribution in [2.24, 2.45) is 5.92 Å². The molecule has 0 saturated heterocycles. The Bertz CT molecular complexity index is 1380. The van der Waals surface area contributed by atoms with Crippen LogP contribution in [0.2, 0.25) is 0 Å². The fourth-order valence-corrected chi connectivity index (χ4v) is 4.92. The normalized spacial score (nSPS) is 18.2. The molecular formula is C23H21FN6O3S. The summed E-state index contributed by atoms with van der Waals surface area (Å²) in [4.78, 5) is 33.1. The smallest absolute Gasteiger partial charge is 0.305 e. The van der Waals surface area contributed by atoms with Crippen molar-refractivity contribution in [2.45, 2.75) is 38.5 Å². The number of anilines is 1. The van der Waals surface area contributed by atoms with E-state index in [9.17, 15) is 19.3 Å². The Morgan fingerprint density at radius 2 is 1.88 bits per heavy atom. The van der Waals surface area contributed by atoms with E-state index in [4.69, 9.17) is 9.97 Å². The maximum Gasteiger partial charge on any atom is 0.324 e. The van der Waals surface area contributed by atoms with Gasteiger partial charge in [-0.25, -0.2) is 19.0 Å². The van der Waals surface area contributed by atoms with Crippen LogP contribution in [0.4, 0.5) is 15.2 Å². The van der Waals surface area contributed by atoms with Gasteiger partial charge in [-0.1, -0.05) is 31.1 Å². The quantitative estimate of drug-likeness (QED) is 0.299. The monoisotopic (exact) mass is 480 g/mol. The second-order valence-electron chi connectivity index (χ2n) is 8.51. The molecule has 0 radical (unpaired) electrons. The topological polar surface area (TPSA) is 116 Å². The van der Waals surface area contributed by atoms with Gasteiger partial charge in [0.25, 0.3) is 5.91 Å². The minimum atomic E-state index is -0.529. The van der Waals surface area contributed by atoms with Crippen LogP contribution in [0.1, 0.15) is 54.0 Å². The van der Waals surface area contributed by atoms with Gasteiger partial charge in [0.15, 0.2) is 5.65 Å². The van der Waals surface area contributed by atoms with Crippen LogP contribution in [0.15, 0.2) is 42.6 Å². The van der Waals surface area contributed by atoms with Crippen LogP contribution in [0.25, 0.3) is 16.7 Å². The van der Waals surface area contributed by atoms with Crippen LogP contribution in [-0.4, -0.2) is 30.6 Å². The number of hydrogen-bond acceptors (Lipinski definition) is 7. The largest absolute Gasteiger partial charge is 0.324 e. The highest BCUT2D eigenvalue weighted by atomic mass is 32.1. The number of nitrogens with zero attached hydrogens (tertiary/aromatic N) is 5. The van der Waals surface area contributed by atoms with Crippen molar-refractivity contribution in [3.63, 3.8) is 0 Å². The number of benzene rings is 1. The number of nitro groups is 1. The third kappa shape index (κ3) is 4.26.